The van der Waals surface area contributed by atoms with E-state index in [9.17, 15) is 4.79 Å². The molecule has 152 valence electrons. The van der Waals surface area contributed by atoms with Gasteiger partial charge in [-0.15, -0.1) is 0 Å². The van der Waals surface area contributed by atoms with Gasteiger partial charge in [-0.2, -0.15) is 0 Å². The summed E-state index contributed by atoms with van der Waals surface area (Å²) in [5.41, 5.74) is 5.08. The second-order valence-corrected chi connectivity index (χ2v) is 15.6. The third kappa shape index (κ3) is 2.94. The molecular formula is C23H40N2OSi. The summed E-state index contributed by atoms with van der Waals surface area (Å²) in [6.45, 7) is 17.8. The second kappa shape index (κ2) is 7.42. The molecule has 0 aromatic carbocycles. The van der Waals surface area contributed by atoms with E-state index >= 15 is 0 Å². The molecule has 0 unspecified atom stereocenters. The Kier molecular flexibility index (Phi) is 5.69. The number of aromatic nitrogens is 1. The highest BCUT2D eigenvalue weighted by atomic mass is 28.3. The molecule has 0 bridgehead atoms. The highest BCUT2D eigenvalue weighted by Crippen LogP contribution is 2.50. The van der Waals surface area contributed by atoms with Gasteiger partial charge in [0.1, 0.15) is 0 Å². The van der Waals surface area contributed by atoms with Gasteiger partial charge in [-0.1, -0.05) is 61.3 Å². The van der Waals surface area contributed by atoms with Crippen molar-refractivity contribution in [1.82, 2.24) is 9.13 Å². The topological polar surface area (TPSA) is 25.2 Å². The van der Waals surface area contributed by atoms with Crippen LogP contribution in [0, 0.1) is 0 Å². The van der Waals surface area contributed by atoms with E-state index in [1.165, 1.54) is 24.0 Å². The van der Waals surface area contributed by atoms with Crippen molar-refractivity contribution < 1.29 is 4.79 Å². The van der Waals surface area contributed by atoms with E-state index in [4.69, 9.17) is 0 Å². The van der Waals surface area contributed by atoms with Gasteiger partial charge in [0.2, 0.25) is 5.91 Å². The van der Waals surface area contributed by atoms with Gasteiger partial charge in [-0.05, 0) is 53.2 Å². The van der Waals surface area contributed by atoms with E-state index < -0.39 is 8.24 Å². The lowest BCUT2D eigenvalue weighted by molar-refractivity contribution is -0.132. The Hall–Kier alpha value is -1.03. The average molecular weight is 389 g/mol. The molecule has 0 radical (unpaired) electrons. The fraction of sp³-hybridized carbons (Fsp3) is 0.783. The zero-order valence-electron chi connectivity index (χ0n) is 18.6. The molecule has 1 aromatic heterocycles. The molecule has 1 atom stereocenters. The van der Waals surface area contributed by atoms with E-state index in [1.807, 2.05) is 0 Å². The van der Waals surface area contributed by atoms with Gasteiger partial charge < -0.3 is 9.13 Å². The maximum Gasteiger partial charge on any atom is 0.223 e. The third-order valence-electron chi connectivity index (χ3n) is 7.75. The first-order chi connectivity index (χ1) is 12.7. The van der Waals surface area contributed by atoms with Gasteiger partial charge in [0, 0.05) is 19.2 Å². The first-order valence-electron chi connectivity index (χ1n) is 11.2. The lowest BCUT2D eigenvalue weighted by atomic mass is 9.79. The molecule has 3 rings (SSSR count). The molecule has 0 spiro atoms. The minimum Gasteiger partial charge on any atom is -0.379 e. The van der Waals surface area contributed by atoms with Gasteiger partial charge in [-0.3, -0.25) is 4.79 Å². The third-order valence-corrected chi connectivity index (χ3v) is 14.5. The number of carbonyl (C=O) groups excluding carboxylic acids is 1. The quantitative estimate of drug-likeness (QED) is 0.520. The zero-order valence-corrected chi connectivity index (χ0v) is 19.6. The Morgan fingerprint density at radius 2 is 1.67 bits per heavy atom. The molecule has 2 aliphatic rings. The van der Waals surface area contributed by atoms with Crippen molar-refractivity contribution in [2.45, 2.75) is 109 Å². The molecule has 3 heterocycles. The average Bonchev–Trinajstić information content (AvgIpc) is 3.15. The van der Waals surface area contributed by atoms with Crippen LogP contribution < -0.4 is 0 Å². The van der Waals surface area contributed by atoms with Crippen LogP contribution in [0.4, 0.5) is 0 Å². The van der Waals surface area contributed by atoms with Crippen molar-refractivity contribution in [3.05, 3.63) is 23.5 Å². The smallest absolute Gasteiger partial charge is 0.223 e. The number of carbonyl (C=O) groups is 1. The number of rotatable bonds is 7. The summed E-state index contributed by atoms with van der Waals surface area (Å²) in [4.78, 5) is 14.9. The zero-order chi connectivity index (χ0) is 20.0. The number of hydrogen-bond donors (Lipinski definition) is 0. The van der Waals surface area contributed by atoms with E-state index in [1.54, 1.807) is 0 Å². The summed E-state index contributed by atoms with van der Waals surface area (Å²) in [5.74, 6) is 0.379. The highest BCUT2D eigenvalue weighted by molar-refractivity contribution is 6.82. The summed E-state index contributed by atoms with van der Waals surface area (Å²) in [7, 11) is -1.73. The molecular weight excluding hydrogens is 348 g/mol. The summed E-state index contributed by atoms with van der Waals surface area (Å²) in [5, 5.41) is 0. The molecule has 3 nitrogen and oxygen atoms in total. The Labute approximate surface area is 167 Å². The molecule has 1 saturated heterocycles. The molecule has 1 amide bonds. The van der Waals surface area contributed by atoms with Crippen LogP contribution in [0.15, 0.2) is 12.4 Å². The number of nitrogens with zero attached hydrogens (tertiary/aromatic N) is 2. The fourth-order valence-electron chi connectivity index (χ4n) is 6.77. The summed E-state index contributed by atoms with van der Waals surface area (Å²) < 4.78 is 2.71. The van der Waals surface area contributed by atoms with E-state index in [0.29, 0.717) is 22.5 Å². The molecule has 0 aliphatic carbocycles. The van der Waals surface area contributed by atoms with Gasteiger partial charge in [0.05, 0.1) is 5.54 Å². The van der Waals surface area contributed by atoms with Crippen LogP contribution in [-0.2, 0) is 16.8 Å². The van der Waals surface area contributed by atoms with E-state index in [2.05, 4.69) is 70.0 Å². The Balaban J connectivity index is 2.15. The van der Waals surface area contributed by atoms with Crippen molar-refractivity contribution >= 4 is 14.1 Å². The van der Waals surface area contributed by atoms with Crippen molar-refractivity contribution in [2.24, 2.45) is 0 Å². The molecule has 1 aromatic rings. The van der Waals surface area contributed by atoms with Gasteiger partial charge in [0.15, 0.2) is 8.24 Å². The van der Waals surface area contributed by atoms with E-state index in [0.717, 1.165) is 32.2 Å². The minimum atomic E-state index is -1.73. The van der Waals surface area contributed by atoms with Gasteiger partial charge >= 0.3 is 0 Å². The van der Waals surface area contributed by atoms with Crippen LogP contribution in [0.25, 0.3) is 0 Å². The monoisotopic (exact) mass is 388 g/mol. The van der Waals surface area contributed by atoms with Crippen LogP contribution >= 0.6 is 0 Å². The number of amides is 1. The van der Waals surface area contributed by atoms with Crippen molar-refractivity contribution in [3.8, 4) is 0 Å². The predicted molar refractivity (Wildman–Crippen MR) is 117 cm³/mol. The fourth-order valence-corrected chi connectivity index (χ4v) is 13.3. The Morgan fingerprint density at radius 3 is 2.22 bits per heavy atom. The lowest BCUT2D eigenvalue weighted by Crippen LogP contribution is -2.51. The molecule has 0 N–H and O–H groups in total. The predicted octanol–water partition coefficient (Wildman–Crippen LogP) is 6.08. The largest absolute Gasteiger partial charge is 0.379 e. The van der Waals surface area contributed by atoms with Crippen molar-refractivity contribution in [1.29, 1.82) is 0 Å². The first-order valence-corrected chi connectivity index (χ1v) is 13.4. The van der Waals surface area contributed by atoms with Crippen LogP contribution in [0.3, 0.4) is 0 Å². The number of hydrogen-bond acceptors (Lipinski definition) is 1. The number of unbranched alkanes of at least 4 members (excludes halogenated alkanes) is 1. The lowest BCUT2D eigenvalue weighted by Gasteiger charge is -2.44. The summed E-state index contributed by atoms with van der Waals surface area (Å²) in [6.07, 6.45) is 11.3. The van der Waals surface area contributed by atoms with Gasteiger partial charge in [0.25, 0.3) is 0 Å². The molecule has 0 saturated carbocycles. The minimum absolute atomic E-state index is 0.0169. The standard InChI is InChI=1S/C23H40N2OSi/c1-8-9-12-23-13-10-22(26)25(23)14-11-20-15-24(16-21(20)23)27(17(2)3,18(4)5)19(6)7/h15-19H,8-14H2,1-7H3/t23-/m1/s1. The molecule has 2 aliphatic heterocycles. The normalized spacial score (nSPS) is 22.9. The summed E-state index contributed by atoms with van der Waals surface area (Å²) >= 11 is 0. The molecule has 1 fully saturated rings. The van der Waals surface area contributed by atoms with E-state index in [-0.39, 0.29) is 5.54 Å². The van der Waals surface area contributed by atoms with Crippen LogP contribution in [0.2, 0.25) is 16.6 Å². The summed E-state index contributed by atoms with van der Waals surface area (Å²) in [6, 6.07) is 0. The van der Waals surface area contributed by atoms with Crippen molar-refractivity contribution in [3.63, 3.8) is 0 Å². The maximum atomic E-state index is 12.6. The first kappa shape index (κ1) is 20.7. The second-order valence-electron chi connectivity index (χ2n) is 9.89. The van der Waals surface area contributed by atoms with Crippen molar-refractivity contribution in [2.75, 3.05) is 6.54 Å². The molecule has 4 heteroatoms. The van der Waals surface area contributed by atoms with Crippen LogP contribution in [0.5, 0.6) is 0 Å². The molecule has 27 heavy (non-hydrogen) atoms. The SMILES string of the molecule is CCCC[C@]12CCC(=O)N1CCc1cn([Si](C(C)C)(C(C)C)C(C)C)cc12. The maximum absolute atomic E-state index is 12.6. The van der Waals surface area contributed by atoms with Gasteiger partial charge in [-0.25, -0.2) is 0 Å². The van der Waals surface area contributed by atoms with Crippen LogP contribution in [-0.4, -0.2) is 29.8 Å². The highest BCUT2D eigenvalue weighted by Gasteiger charge is 2.51. The number of fused-ring (bicyclic) bond motifs is 3. The Bertz CT molecular complexity index is 669. The Morgan fingerprint density at radius 1 is 1.04 bits per heavy atom. The van der Waals surface area contributed by atoms with Crippen LogP contribution in [0.1, 0.15) is 91.7 Å².